The minimum Gasteiger partial charge on any atom is -0.297 e. The van der Waals surface area contributed by atoms with E-state index in [4.69, 9.17) is 0 Å². The molecule has 2 atom stereocenters. The first-order valence-electron chi connectivity index (χ1n) is 7.56. The van der Waals surface area contributed by atoms with Crippen molar-refractivity contribution in [3.63, 3.8) is 0 Å². The maximum Gasteiger partial charge on any atom is 0.108 e. The average molecular weight is 286 g/mol. The highest BCUT2D eigenvalue weighted by Crippen LogP contribution is 2.40. The third-order valence-electron chi connectivity index (χ3n) is 4.48. The van der Waals surface area contributed by atoms with Gasteiger partial charge in [-0.25, -0.2) is 0 Å². The Balaban J connectivity index is 1.55. The lowest BCUT2D eigenvalue weighted by molar-refractivity contribution is 0.420. The normalized spacial score (nSPS) is 29.3. The molecule has 106 valence electrons. The third kappa shape index (κ3) is 3.19. The predicted octanol–water partition coefficient (Wildman–Crippen LogP) is 3.80. The Labute approximate surface area is 125 Å². The van der Waals surface area contributed by atoms with Gasteiger partial charge in [0, 0.05) is 17.0 Å². The van der Waals surface area contributed by atoms with E-state index in [1.165, 1.54) is 30.4 Å². The molecule has 2 aliphatic carbocycles. The lowest BCUT2D eigenvalue weighted by Crippen LogP contribution is -2.43. The molecule has 2 nitrogen and oxygen atoms in total. The minimum absolute atomic E-state index is 0.232. The van der Waals surface area contributed by atoms with Gasteiger partial charge in [-0.15, -0.1) is 0 Å². The summed E-state index contributed by atoms with van der Waals surface area (Å²) in [6, 6.07) is 11.8. The second kappa shape index (κ2) is 5.79. The average Bonchev–Trinajstić information content (AvgIpc) is 3.17. The summed E-state index contributed by atoms with van der Waals surface area (Å²) in [4.78, 5) is 0. The Morgan fingerprint density at radius 3 is 2.85 bits per heavy atom. The van der Waals surface area contributed by atoms with Crippen molar-refractivity contribution >= 4 is 11.8 Å². The topological polar surface area (TPSA) is 35.8 Å². The Kier molecular flexibility index (Phi) is 4.05. The van der Waals surface area contributed by atoms with Crippen LogP contribution < -0.4 is 5.32 Å². The Morgan fingerprint density at radius 2 is 2.15 bits per heavy atom. The molecular weight excluding hydrogens is 264 g/mol. The van der Waals surface area contributed by atoms with E-state index in [1.807, 2.05) is 11.8 Å². The smallest absolute Gasteiger partial charge is 0.108 e. The highest BCUT2D eigenvalue weighted by molar-refractivity contribution is 7.99. The van der Waals surface area contributed by atoms with Gasteiger partial charge in [0.05, 0.1) is 6.07 Å². The van der Waals surface area contributed by atoms with Crippen LogP contribution in [0.2, 0.25) is 0 Å². The van der Waals surface area contributed by atoms with Crippen LogP contribution >= 0.6 is 11.8 Å². The molecule has 0 aliphatic heterocycles. The van der Waals surface area contributed by atoms with E-state index in [0.29, 0.717) is 11.3 Å². The number of benzene rings is 1. The van der Waals surface area contributed by atoms with Gasteiger partial charge in [-0.2, -0.15) is 17.0 Å². The molecule has 3 rings (SSSR count). The van der Waals surface area contributed by atoms with Gasteiger partial charge in [0.1, 0.15) is 5.54 Å². The number of nitrogens with zero attached hydrogens (tertiary/aromatic N) is 1. The largest absolute Gasteiger partial charge is 0.297 e. The quantitative estimate of drug-likeness (QED) is 0.894. The molecule has 0 spiro atoms. The molecule has 1 aromatic carbocycles. The van der Waals surface area contributed by atoms with Crippen molar-refractivity contribution in [2.24, 2.45) is 0 Å². The van der Waals surface area contributed by atoms with E-state index in [-0.39, 0.29) is 5.54 Å². The van der Waals surface area contributed by atoms with Crippen molar-refractivity contribution < 1.29 is 0 Å². The molecule has 1 aromatic rings. The Hall–Kier alpha value is -0.980. The van der Waals surface area contributed by atoms with Crippen LogP contribution in [0.25, 0.3) is 0 Å². The van der Waals surface area contributed by atoms with Gasteiger partial charge in [-0.3, -0.25) is 5.32 Å². The summed E-state index contributed by atoms with van der Waals surface area (Å²) in [6.45, 7) is 2.18. The van der Waals surface area contributed by atoms with Crippen LogP contribution in [0.4, 0.5) is 0 Å². The monoisotopic (exact) mass is 286 g/mol. The van der Waals surface area contributed by atoms with E-state index < -0.39 is 0 Å². The van der Waals surface area contributed by atoms with E-state index in [2.05, 4.69) is 42.6 Å². The molecule has 2 aliphatic rings. The number of thioether (sulfide) groups is 1. The van der Waals surface area contributed by atoms with Gasteiger partial charge < -0.3 is 0 Å². The van der Waals surface area contributed by atoms with Crippen molar-refractivity contribution in [3.8, 4) is 6.07 Å². The summed E-state index contributed by atoms with van der Waals surface area (Å²) < 4.78 is 0. The summed E-state index contributed by atoms with van der Waals surface area (Å²) in [5.41, 5.74) is 2.58. The third-order valence-corrected chi connectivity index (χ3v) is 5.83. The van der Waals surface area contributed by atoms with Crippen molar-refractivity contribution in [2.75, 3.05) is 0 Å². The van der Waals surface area contributed by atoms with Crippen molar-refractivity contribution in [3.05, 3.63) is 35.4 Å². The number of hydrogen-bond acceptors (Lipinski definition) is 3. The molecule has 0 aromatic heterocycles. The molecule has 2 unspecified atom stereocenters. The van der Waals surface area contributed by atoms with Crippen molar-refractivity contribution in [1.29, 1.82) is 5.26 Å². The van der Waals surface area contributed by atoms with E-state index in [9.17, 15) is 5.26 Å². The first kappa shape index (κ1) is 14.0. The molecule has 0 bridgehead atoms. The van der Waals surface area contributed by atoms with Gasteiger partial charge >= 0.3 is 0 Å². The van der Waals surface area contributed by atoms with Crippen LogP contribution in [0.5, 0.6) is 0 Å². The van der Waals surface area contributed by atoms with Crippen LogP contribution in [0.3, 0.4) is 0 Å². The summed E-state index contributed by atoms with van der Waals surface area (Å²) in [6.07, 6.45) is 5.71. The lowest BCUT2D eigenvalue weighted by atomic mass is 10.00. The summed E-state index contributed by atoms with van der Waals surface area (Å²) in [5, 5.41) is 13.7. The molecule has 0 saturated heterocycles. The number of rotatable bonds is 5. The van der Waals surface area contributed by atoms with Crippen LogP contribution in [-0.4, -0.2) is 16.8 Å². The SMILES string of the molecule is Cc1ccccc1CSC1CCC(C#N)(NC2CC2)C1. The number of hydrogen-bond donors (Lipinski definition) is 1. The highest BCUT2D eigenvalue weighted by Gasteiger charge is 2.42. The van der Waals surface area contributed by atoms with Crippen molar-refractivity contribution in [1.82, 2.24) is 5.32 Å². The molecule has 2 fully saturated rings. The van der Waals surface area contributed by atoms with E-state index in [1.54, 1.807) is 0 Å². The molecule has 0 amide bonds. The Bertz CT molecular complexity index is 518. The van der Waals surface area contributed by atoms with Crippen LogP contribution in [0.15, 0.2) is 24.3 Å². The second-order valence-corrected chi connectivity index (χ2v) is 7.50. The van der Waals surface area contributed by atoms with Gasteiger partial charge in [0.15, 0.2) is 0 Å². The number of aryl methyl sites for hydroxylation is 1. The standard InChI is InChI=1S/C17H22N2S/c1-13-4-2-3-5-14(13)11-20-16-8-9-17(10-16,12-18)19-15-6-7-15/h2-5,15-16,19H,6-11H2,1H3. The maximum atomic E-state index is 9.52. The van der Waals surface area contributed by atoms with Crippen LogP contribution in [0, 0.1) is 18.3 Å². The van der Waals surface area contributed by atoms with Gasteiger partial charge in [-0.05, 0) is 50.2 Å². The molecule has 20 heavy (non-hydrogen) atoms. The molecule has 0 radical (unpaired) electrons. The van der Waals surface area contributed by atoms with Gasteiger partial charge in [-0.1, -0.05) is 24.3 Å². The fraction of sp³-hybridized carbons (Fsp3) is 0.588. The summed E-state index contributed by atoms with van der Waals surface area (Å²) in [7, 11) is 0. The zero-order valence-corrected chi connectivity index (χ0v) is 12.9. The fourth-order valence-corrected chi connectivity index (χ4v) is 4.43. The number of nitrogens with one attached hydrogen (secondary N) is 1. The molecule has 0 heterocycles. The van der Waals surface area contributed by atoms with E-state index >= 15 is 0 Å². The Morgan fingerprint density at radius 1 is 1.35 bits per heavy atom. The minimum atomic E-state index is -0.232. The van der Waals surface area contributed by atoms with Crippen LogP contribution in [0.1, 0.15) is 43.2 Å². The van der Waals surface area contributed by atoms with Gasteiger partial charge in [0.2, 0.25) is 0 Å². The zero-order chi connectivity index (χ0) is 14.0. The highest BCUT2D eigenvalue weighted by atomic mass is 32.2. The summed E-state index contributed by atoms with van der Waals surface area (Å²) in [5.74, 6) is 1.07. The maximum absolute atomic E-state index is 9.52. The zero-order valence-electron chi connectivity index (χ0n) is 12.1. The predicted molar refractivity (Wildman–Crippen MR) is 84.6 cm³/mol. The number of nitriles is 1. The second-order valence-electron chi connectivity index (χ2n) is 6.21. The molecule has 3 heteroatoms. The van der Waals surface area contributed by atoms with E-state index in [0.717, 1.165) is 18.6 Å². The van der Waals surface area contributed by atoms with Crippen LogP contribution in [-0.2, 0) is 5.75 Å². The molecule has 2 saturated carbocycles. The fourth-order valence-electron chi connectivity index (χ4n) is 3.01. The van der Waals surface area contributed by atoms with Crippen molar-refractivity contribution in [2.45, 2.75) is 61.6 Å². The first-order chi connectivity index (χ1) is 9.71. The summed E-state index contributed by atoms with van der Waals surface area (Å²) >= 11 is 2.03. The van der Waals surface area contributed by atoms with Gasteiger partial charge in [0.25, 0.3) is 0 Å². The first-order valence-corrected chi connectivity index (χ1v) is 8.61. The molecule has 1 N–H and O–H groups in total. The lowest BCUT2D eigenvalue weighted by Gasteiger charge is -2.22. The molecular formula is C17H22N2S.